The lowest BCUT2D eigenvalue weighted by Crippen LogP contribution is -2.36. The molecule has 1 aliphatic rings. The zero-order chi connectivity index (χ0) is 28.0. The van der Waals surface area contributed by atoms with Gasteiger partial charge in [-0.3, -0.25) is 19.4 Å². The maximum Gasteiger partial charge on any atom is 0.311 e. The topological polar surface area (TPSA) is 68.3 Å². The monoisotopic (exact) mass is 562 g/mol. The maximum absolute atomic E-state index is 12.7. The minimum atomic E-state index is -0.504. The average Bonchev–Trinajstić information content (AvgIpc) is 3.23. The number of benzene rings is 2. The molecule has 9 heteroatoms. The number of thioether (sulfide) groups is 1. The minimum absolute atomic E-state index is 0.0583. The molecule has 1 heterocycles. The molecule has 0 bridgehead atoms. The highest BCUT2D eigenvalue weighted by Gasteiger charge is 2.36. The lowest BCUT2D eigenvalue weighted by Gasteiger charge is -2.27. The number of carbonyl (C=O) groups is 2. The van der Waals surface area contributed by atoms with Crippen molar-refractivity contribution in [3.8, 4) is 11.5 Å². The molecule has 2 aromatic carbocycles. The Labute approximate surface area is 235 Å². The number of esters is 1. The summed E-state index contributed by atoms with van der Waals surface area (Å²) in [7, 11) is 1.62. The zero-order valence-electron chi connectivity index (χ0n) is 23.4. The van der Waals surface area contributed by atoms with Crippen LogP contribution < -0.4 is 14.4 Å². The van der Waals surface area contributed by atoms with Crippen molar-refractivity contribution < 1.29 is 23.8 Å². The van der Waals surface area contributed by atoms with Crippen LogP contribution in [0.1, 0.15) is 58.9 Å². The molecule has 0 radical (unpaired) electrons. The molecule has 3 rings (SSSR count). The second-order valence-corrected chi connectivity index (χ2v) is 12.2. The van der Waals surface area contributed by atoms with Crippen LogP contribution in [0.3, 0.4) is 0 Å². The molecule has 0 aliphatic carbocycles. The number of hydrogen-bond donors (Lipinski definition) is 0. The molecule has 0 saturated heterocycles. The lowest BCUT2D eigenvalue weighted by molar-refractivity contribution is -0.153. The summed E-state index contributed by atoms with van der Waals surface area (Å²) >= 11 is 7.80. The van der Waals surface area contributed by atoms with E-state index in [0.29, 0.717) is 42.3 Å². The molecule has 0 aromatic heterocycles. The summed E-state index contributed by atoms with van der Waals surface area (Å²) in [6.45, 7) is 13.7. The number of methoxy groups -OCH3 is 1. The van der Waals surface area contributed by atoms with E-state index in [0.717, 1.165) is 29.1 Å². The Kier molecular flexibility index (Phi) is 10.4. The second-order valence-electron chi connectivity index (χ2n) is 10.6. The number of rotatable bonds is 11. The van der Waals surface area contributed by atoms with Gasteiger partial charge in [0.15, 0.2) is 0 Å². The van der Waals surface area contributed by atoms with E-state index < -0.39 is 5.41 Å². The van der Waals surface area contributed by atoms with Crippen LogP contribution in [0.2, 0.25) is 5.02 Å². The molecule has 0 fully saturated rings. The fourth-order valence-electron chi connectivity index (χ4n) is 4.15. The summed E-state index contributed by atoms with van der Waals surface area (Å²) in [5.41, 5.74) is 1.20. The number of hydrogen-bond acceptors (Lipinski definition) is 7. The van der Waals surface area contributed by atoms with Gasteiger partial charge in [-0.05, 0) is 77.4 Å². The summed E-state index contributed by atoms with van der Waals surface area (Å²) in [5, 5.41) is 0.334. The quantitative estimate of drug-likeness (QED) is 0.226. The van der Waals surface area contributed by atoms with E-state index in [1.54, 1.807) is 36.8 Å². The predicted molar refractivity (Wildman–Crippen MR) is 153 cm³/mol. The molecule has 0 saturated carbocycles. The third-order valence-corrected chi connectivity index (χ3v) is 7.78. The van der Waals surface area contributed by atoms with Crippen molar-refractivity contribution in [1.29, 1.82) is 0 Å². The van der Waals surface area contributed by atoms with Gasteiger partial charge in [0.1, 0.15) is 23.5 Å². The van der Waals surface area contributed by atoms with Crippen molar-refractivity contribution in [3.05, 3.63) is 47.0 Å². The van der Waals surface area contributed by atoms with Crippen molar-refractivity contribution in [2.75, 3.05) is 38.3 Å². The van der Waals surface area contributed by atoms with E-state index in [1.807, 2.05) is 51.1 Å². The molecule has 1 amide bonds. The summed E-state index contributed by atoms with van der Waals surface area (Å²) < 4.78 is 17.2. The van der Waals surface area contributed by atoms with Gasteiger partial charge in [-0.25, -0.2) is 0 Å². The van der Waals surface area contributed by atoms with Crippen LogP contribution in [0, 0.1) is 5.41 Å². The molecule has 208 valence electrons. The smallest absolute Gasteiger partial charge is 0.311 e. The SMILES string of the molecule is COc1ccc(OCCCN(CCOC(=O)C(C)(C)C)C(C)C)c(C2Sc3cc(Cl)ccc3N2C(C)=O)c1. The number of carbonyl (C=O) groups excluding carboxylic acids is 2. The Morgan fingerprint density at radius 2 is 1.84 bits per heavy atom. The van der Waals surface area contributed by atoms with E-state index >= 15 is 0 Å². The second kappa shape index (κ2) is 13.1. The Morgan fingerprint density at radius 1 is 1.11 bits per heavy atom. The molecule has 0 N–H and O–H groups in total. The zero-order valence-corrected chi connectivity index (χ0v) is 24.9. The molecule has 0 spiro atoms. The first-order valence-corrected chi connectivity index (χ1v) is 14.2. The molecule has 2 aromatic rings. The third-order valence-electron chi connectivity index (χ3n) is 6.28. The van der Waals surface area contributed by atoms with Crippen LogP contribution in [0.5, 0.6) is 11.5 Å². The van der Waals surface area contributed by atoms with Crippen molar-refractivity contribution >= 4 is 40.9 Å². The molecule has 7 nitrogen and oxygen atoms in total. The number of anilines is 1. The number of nitrogens with zero attached hydrogens (tertiary/aromatic N) is 2. The van der Waals surface area contributed by atoms with Gasteiger partial charge in [0.2, 0.25) is 5.91 Å². The van der Waals surface area contributed by atoms with Crippen molar-refractivity contribution in [2.24, 2.45) is 5.41 Å². The van der Waals surface area contributed by atoms with E-state index in [-0.39, 0.29) is 17.3 Å². The molecular weight excluding hydrogens is 524 g/mol. The fourth-order valence-corrected chi connectivity index (χ4v) is 5.78. The van der Waals surface area contributed by atoms with Crippen molar-refractivity contribution in [2.45, 2.75) is 64.3 Å². The predicted octanol–water partition coefficient (Wildman–Crippen LogP) is 6.57. The highest BCUT2D eigenvalue weighted by Crippen LogP contribution is 2.54. The fraction of sp³-hybridized carbons (Fsp3) is 0.517. The molecule has 38 heavy (non-hydrogen) atoms. The van der Waals surface area contributed by atoms with Crippen LogP contribution >= 0.6 is 23.4 Å². The number of ether oxygens (including phenoxy) is 3. The lowest BCUT2D eigenvalue weighted by atomic mass is 9.97. The van der Waals surface area contributed by atoms with Gasteiger partial charge in [-0.15, -0.1) is 0 Å². The normalized spacial score (nSPS) is 15.1. The van der Waals surface area contributed by atoms with Gasteiger partial charge in [-0.2, -0.15) is 0 Å². The summed E-state index contributed by atoms with van der Waals surface area (Å²) in [6, 6.07) is 11.6. The highest BCUT2D eigenvalue weighted by atomic mass is 35.5. The van der Waals surface area contributed by atoms with Crippen LogP contribution in [0.4, 0.5) is 5.69 Å². The summed E-state index contributed by atoms with van der Waals surface area (Å²) in [5.74, 6) is 1.16. The van der Waals surface area contributed by atoms with E-state index in [9.17, 15) is 9.59 Å². The first kappa shape index (κ1) is 30.1. The number of halogens is 1. The Bertz CT molecular complexity index is 1130. The van der Waals surface area contributed by atoms with Crippen molar-refractivity contribution in [1.82, 2.24) is 4.90 Å². The van der Waals surface area contributed by atoms with Gasteiger partial charge in [0.05, 0.1) is 24.8 Å². The van der Waals surface area contributed by atoms with Crippen LogP contribution in [0.25, 0.3) is 0 Å². The van der Waals surface area contributed by atoms with E-state index in [2.05, 4.69) is 18.7 Å². The maximum atomic E-state index is 12.7. The molecule has 1 unspecified atom stereocenters. The van der Waals surface area contributed by atoms with Gasteiger partial charge in [-0.1, -0.05) is 23.4 Å². The molecule has 1 aliphatic heterocycles. The molecular formula is C29H39ClN2O5S. The van der Waals surface area contributed by atoms with E-state index in [4.69, 9.17) is 25.8 Å². The summed E-state index contributed by atoms with van der Waals surface area (Å²) in [4.78, 5) is 29.8. The van der Waals surface area contributed by atoms with Crippen LogP contribution in [-0.2, 0) is 14.3 Å². The molecule has 1 atom stereocenters. The number of amides is 1. The van der Waals surface area contributed by atoms with Gasteiger partial charge in [0.25, 0.3) is 0 Å². The highest BCUT2D eigenvalue weighted by molar-refractivity contribution is 8.00. The number of fused-ring (bicyclic) bond motifs is 1. The van der Waals surface area contributed by atoms with Crippen LogP contribution in [0.15, 0.2) is 41.3 Å². The van der Waals surface area contributed by atoms with Gasteiger partial charge >= 0.3 is 5.97 Å². The largest absolute Gasteiger partial charge is 0.497 e. The minimum Gasteiger partial charge on any atom is -0.497 e. The Hall–Kier alpha value is -2.42. The van der Waals surface area contributed by atoms with Gasteiger partial charge in [0, 0.05) is 41.5 Å². The van der Waals surface area contributed by atoms with E-state index in [1.165, 1.54) is 0 Å². The van der Waals surface area contributed by atoms with Gasteiger partial charge < -0.3 is 14.2 Å². The van der Waals surface area contributed by atoms with Crippen LogP contribution in [-0.4, -0.2) is 56.2 Å². The summed E-state index contributed by atoms with van der Waals surface area (Å²) in [6.07, 6.45) is 0.793. The first-order chi connectivity index (χ1) is 17.9. The Balaban J connectivity index is 1.67. The average molecular weight is 563 g/mol. The first-order valence-electron chi connectivity index (χ1n) is 12.9. The standard InChI is InChI=1S/C29H39ClN2O5S/c1-19(2)31(14-16-37-28(34)29(4,5)6)13-8-15-36-25-12-10-22(35-7)18-23(25)27-32(20(3)33)24-11-9-21(30)17-26(24)38-27/h9-12,17-19,27H,8,13-16H2,1-7H3. The Morgan fingerprint density at radius 3 is 2.47 bits per heavy atom. The van der Waals surface area contributed by atoms with Crippen molar-refractivity contribution in [3.63, 3.8) is 0 Å². The third kappa shape index (κ3) is 7.58.